The van der Waals surface area contributed by atoms with Crippen LogP contribution in [0.4, 0.5) is 4.39 Å². The summed E-state index contributed by atoms with van der Waals surface area (Å²) < 4.78 is 15.5. The molecule has 6 heteroatoms. The van der Waals surface area contributed by atoms with E-state index in [1.165, 1.54) is 16.8 Å². The molecular weight excluding hydrogens is 302 g/mol. The van der Waals surface area contributed by atoms with Crippen LogP contribution in [0.2, 0.25) is 10.2 Å². The molecule has 0 spiro atoms. The first kappa shape index (κ1) is 15.0. The van der Waals surface area contributed by atoms with Gasteiger partial charge in [0, 0.05) is 0 Å². The molecule has 0 atom stereocenters. The molecule has 106 valence electrons. The number of halogens is 3. The zero-order valence-corrected chi connectivity index (χ0v) is 12.8. The summed E-state index contributed by atoms with van der Waals surface area (Å²) in [4.78, 5) is 11.3. The van der Waals surface area contributed by atoms with Gasteiger partial charge in [-0.1, -0.05) is 29.3 Å². The van der Waals surface area contributed by atoms with Gasteiger partial charge in [0.1, 0.15) is 16.7 Å². The van der Waals surface area contributed by atoms with E-state index in [1.54, 1.807) is 6.07 Å². The van der Waals surface area contributed by atoms with E-state index in [2.05, 4.69) is 5.10 Å². The van der Waals surface area contributed by atoms with Crippen LogP contribution in [0, 0.1) is 5.82 Å². The van der Waals surface area contributed by atoms with E-state index in [0.717, 1.165) is 0 Å². The van der Waals surface area contributed by atoms with Crippen LogP contribution in [-0.4, -0.2) is 16.1 Å². The van der Waals surface area contributed by atoms with E-state index < -0.39 is 11.4 Å². The highest BCUT2D eigenvalue weighted by molar-refractivity contribution is 6.35. The lowest BCUT2D eigenvalue weighted by molar-refractivity contribution is 0.112. The van der Waals surface area contributed by atoms with E-state index >= 15 is 0 Å². The Morgan fingerprint density at radius 1 is 1.30 bits per heavy atom. The van der Waals surface area contributed by atoms with Gasteiger partial charge in [0.15, 0.2) is 6.29 Å². The fraction of sp³-hybridized carbons (Fsp3) is 0.286. The first-order valence-corrected chi connectivity index (χ1v) is 6.71. The SMILES string of the molecule is CC(C)(C)n1nc(-c2c(F)cccc2Cl)c(C=O)c1Cl. The Morgan fingerprint density at radius 3 is 2.45 bits per heavy atom. The third-order valence-corrected chi connectivity index (χ3v) is 3.49. The van der Waals surface area contributed by atoms with E-state index in [4.69, 9.17) is 23.2 Å². The molecule has 0 unspecified atom stereocenters. The summed E-state index contributed by atoms with van der Waals surface area (Å²) >= 11 is 12.2. The summed E-state index contributed by atoms with van der Waals surface area (Å²) in [5.74, 6) is -0.546. The van der Waals surface area contributed by atoms with Crippen molar-refractivity contribution in [2.24, 2.45) is 0 Å². The topological polar surface area (TPSA) is 34.9 Å². The maximum atomic E-state index is 14.0. The van der Waals surface area contributed by atoms with Crippen molar-refractivity contribution in [1.29, 1.82) is 0 Å². The molecule has 2 aromatic rings. The summed E-state index contributed by atoms with van der Waals surface area (Å²) in [7, 11) is 0. The van der Waals surface area contributed by atoms with Gasteiger partial charge in [-0.2, -0.15) is 5.10 Å². The fourth-order valence-electron chi connectivity index (χ4n) is 1.87. The van der Waals surface area contributed by atoms with Crippen LogP contribution in [0.3, 0.4) is 0 Å². The Kier molecular flexibility index (Phi) is 3.89. The van der Waals surface area contributed by atoms with Crippen molar-refractivity contribution in [2.45, 2.75) is 26.3 Å². The highest BCUT2D eigenvalue weighted by Gasteiger charge is 2.26. The Labute approximate surface area is 126 Å². The van der Waals surface area contributed by atoms with Crippen LogP contribution < -0.4 is 0 Å². The van der Waals surface area contributed by atoms with Crippen molar-refractivity contribution < 1.29 is 9.18 Å². The number of carbonyl (C=O) groups is 1. The van der Waals surface area contributed by atoms with Crippen LogP contribution in [0.15, 0.2) is 18.2 Å². The van der Waals surface area contributed by atoms with Gasteiger partial charge in [-0.3, -0.25) is 4.79 Å². The molecule has 0 saturated carbocycles. The second-order valence-electron chi connectivity index (χ2n) is 5.35. The molecule has 1 aromatic heterocycles. The van der Waals surface area contributed by atoms with Gasteiger partial charge in [0.25, 0.3) is 0 Å². The molecular formula is C14H13Cl2FN2O. The van der Waals surface area contributed by atoms with Crippen molar-refractivity contribution >= 4 is 29.5 Å². The minimum atomic E-state index is -0.546. The maximum Gasteiger partial charge on any atom is 0.155 e. The zero-order valence-electron chi connectivity index (χ0n) is 11.2. The van der Waals surface area contributed by atoms with Gasteiger partial charge < -0.3 is 0 Å². The zero-order chi connectivity index (χ0) is 15.1. The molecule has 0 bridgehead atoms. The molecule has 0 fully saturated rings. The van der Waals surface area contributed by atoms with Crippen LogP contribution >= 0.6 is 23.2 Å². The quantitative estimate of drug-likeness (QED) is 0.761. The van der Waals surface area contributed by atoms with Gasteiger partial charge in [-0.25, -0.2) is 9.07 Å². The monoisotopic (exact) mass is 314 g/mol. The van der Waals surface area contributed by atoms with Crippen molar-refractivity contribution in [2.75, 3.05) is 0 Å². The number of benzene rings is 1. The standard InChI is InChI=1S/C14H13Cl2FN2O/c1-14(2,3)19-13(16)8(7-20)12(18-19)11-9(15)5-4-6-10(11)17/h4-7H,1-3H3. The number of aldehydes is 1. The molecule has 0 aliphatic rings. The smallest absolute Gasteiger partial charge is 0.155 e. The third-order valence-electron chi connectivity index (χ3n) is 2.82. The molecule has 0 radical (unpaired) electrons. The minimum Gasteiger partial charge on any atom is -0.298 e. The predicted molar refractivity (Wildman–Crippen MR) is 78.0 cm³/mol. The second kappa shape index (κ2) is 5.19. The van der Waals surface area contributed by atoms with Gasteiger partial charge >= 0.3 is 0 Å². The Balaban J connectivity index is 2.79. The minimum absolute atomic E-state index is 0.0844. The van der Waals surface area contributed by atoms with Crippen LogP contribution in [0.1, 0.15) is 31.1 Å². The molecule has 20 heavy (non-hydrogen) atoms. The highest BCUT2D eigenvalue weighted by Crippen LogP contribution is 2.36. The lowest BCUT2D eigenvalue weighted by atomic mass is 10.1. The van der Waals surface area contributed by atoms with Gasteiger partial charge in [-0.15, -0.1) is 0 Å². The lowest BCUT2D eigenvalue weighted by Crippen LogP contribution is -2.23. The maximum absolute atomic E-state index is 14.0. The molecule has 0 amide bonds. The number of nitrogens with zero attached hydrogens (tertiary/aromatic N) is 2. The summed E-state index contributed by atoms with van der Waals surface area (Å²) in [5.41, 5.74) is -0.0667. The lowest BCUT2D eigenvalue weighted by Gasteiger charge is -2.20. The van der Waals surface area contributed by atoms with E-state index in [-0.39, 0.29) is 27.0 Å². The molecule has 1 heterocycles. The van der Waals surface area contributed by atoms with Crippen molar-refractivity contribution in [3.05, 3.63) is 39.8 Å². The van der Waals surface area contributed by atoms with Gasteiger partial charge in [0.2, 0.25) is 0 Å². The number of carbonyl (C=O) groups excluding carboxylic acids is 1. The Bertz CT molecular complexity index is 654. The van der Waals surface area contributed by atoms with Gasteiger partial charge in [0.05, 0.1) is 21.7 Å². The summed E-state index contributed by atoms with van der Waals surface area (Å²) in [6, 6.07) is 4.29. The normalized spacial score (nSPS) is 11.7. The third kappa shape index (κ3) is 2.45. The fourth-order valence-corrected chi connectivity index (χ4v) is 2.55. The van der Waals surface area contributed by atoms with Gasteiger partial charge in [-0.05, 0) is 32.9 Å². The molecule has 0 N–H and O–H groups in total. The molecule has 0 saturated heterocycles. The molecule has 2 rings (SSSR count). The molecule has 0 aliphatic carbocycles. The first-order valence-electron chi connectivity index (χ1n) is 5.96. The Morgan fingerprint density at radius 2 is 1.95 bits per heavy atom. The first-order chi connectivity index (χ1) is 9.27. The number of hydrogen-bond donors (Lipinski definition) is 0. The number of hydrogen-bond acceptors (Lipinski definition) is 2. The molecule has 0 aliphatic heterocycles. The largest absolute Gasteiger partial charge is 0.298 e. The molecule has 3 nitrogen and oxygen atoms in total. The van der Waals surface area contributed by atoms with Crippen LogP contribution in [0.25, 0.3) is 11.3 Å². The summed E-state index contributed by atoms with van der Waals surface area (Å²) in [5, 5.41) is 4.62. The average Bonchev–Trinajstić information content (AvgIpc) is 2.66. The van der Waals surface area contributed by atoms with E-state index in [9.17, 15) is 9.18 Å². The highest BCUT2D eigenvalue weighted by atomic mass is 35.5. The number of rotatable bonds is 2. The average molecular weight is 315 g/mol. The van der Waals surface area contributed by atoms with Crippen molar-refractivity contribution in [1.82, 2.24) is 9.78 Å². The van der Waals surface area contributed by atoms with Crippen LogP contribution in [-0.2, 0) is 5.54 Å². The summed E-state index contributed by atoms with van der Waals surface area (Å²) in [6.07, 6.45) is 0.565. The second-order valence-corrected chi connectivity index (χ2v) is 6.12. The van der Waals surface area contributed by atoms with E-state index in [1.807, 2.05) is 20.8 Å². The molecule has 1 aromatic carbocycles. The van der Waals surface area contributed by atoms with Crippen molar-refractivity contribution in [3.63, 3.8) is 0 Å². The van der Waals surface area contributed by atoms with Crippen molar-refractivity contribution in [3.8, 4) is 11.3 Å². The predicted octanol–water partition coefficient (Wildman–Crippen LogP) is 4.56. The number of aromatic nitrogens is 2. The Hall–Kier alpha value is -1.39. The van der Waals surface area contributed by atoms with Crippen LogP contribution in [0.5, 0.6) is 0 Å². The summed E-state index contributed by atoms with van der Waals surface area (Å²) in [6.45, 7) is 5.65. The van der Waals surface area contributed by atoms with E-state index in [0.29, 0.717) is 6.29 Å².